The minimum Gasteiger partial charge on any atom is -0.475 e. The van der Waals surface area contributed by atoms with Crippen LogP contribution in [0.15, 0.2) is 29.1 Å². The van der Waals surface area contributed by atoms with Gasteiger partial charge in [-0.1, -0.05) is 6.42 Å². The highest BCUT2D eigenvalue weighted by molar-refractivity contribution is 7.08. The van der Waals surface area contributed by atoms with Crippen LogP contribution in [-0.2, 0) is 11.3 Å². The van der Waals surface area contributed by atoms with Crippen LogP contribution in [0, 0.1) is 5.92 Å². The summed E-state index contributed by atoms with van der Waals surface area (Å²) in [6.45, 7) is 3.95. The van der Waals surface area contributed by atoms with E-state index in [0.717, 1.165) is 31.0 Å². The van der Waals surface area contributed by atoms with Gasteiger partial charge in [-0.05, 0) is 42.7 Å². The Labute approximate surface area is 181 Å². The summed E-state index contributed by atoms with van der Waals surface area (Å²) < 4.78 is 33.9. The average Bonchev–Trinajstić information content (AvgIpc) is 3.36. The molecular formula is C20H25F3N4O3S. The number of amides is 1. The number of alkyl halides is 3. The molecule has 1 atom stereocenters. The maximum absolute atomic E-state index is 12.1. The number of nitrogens with one attached hydrogen (secondary N) is 1. The van der Waals surface area contributed by atoms with Gasteiger partial charge in [-0.3, -0.25) is 14.4 Å². The van der Waals surface area contributed by atoms with Crippen LogP contribution in [0.5, 0.6) is 0 Å². The third-order valence-electron chi connectivity index (χ3n) is 5.48. The monoisotopic (exact) mass is 458 g/mol. The van der Waals surface area contributed by atoms with E-state index in [4.69, 9.17) is 9.90 Å². The van der Waals surface area contributed by atoms with Crippen molar-refractivity contribution in [1.29, 1.82) is 0 Å². The number of hydrogen-bond donors (Lipinski definition) is 2. The van der Waals surface area contributed by atoms with Crippen LogP contribution in [0.3, 0.4) is 0 Å². The van der Waals surface area contributed by atoms with Crippen molar-refractivity contribution in [2.45, 2.75) is 44.4 Å². The van der Waals surface area contributed by atoms with Crippen molar-refractivity contribution in [3.05, 3.63) is 40.3 Å². The van der Waals surface area contributed by atoms with E-state index in [2.05, 4.69) is 26.1 Å². The lowest BCUT2D eigenvalue weighted by Crippen LogP contribution is -2.42. The maximum Gasteiger partial charge on any atom is 0.490 e. The van der Waals surface area contributed by atoms with Crippen molar-refractivity contribution in [2.24, 2.45) is 5.92 Å². The van der Waals surface area contributed by atoms with Gasteiger partial charge in [0.2, 0.25) is 0 Å². The zero-order valence-corrected chi connectivity index (χ0v) is 17.7. The Balaban J connectivity index is 0.000000339. The molecule has 2 aromatic rings. The van der Waals surface area contributed by atoms with Crippen molar-refractivity contribution in [3.63, 3.8) is 0 Å². The lowest BCUT2D eigenvalue weighted by molar-refractivity contribution is -0.192. The minimum absolute atomic E-state index is 0.0269. The SMILES string of the molecule is O=C(NCCC1CN(CC2CCC2)Cc2ccnn21)c1ccsc1.O=C(O)C(F)(F)F. The highest BCUT2D eigenvalue weighted by Crippen LogP contribution is 2.30. The molecule has 2 N–H and O–H groups in total. The van der Waals surface area contributed by atoms with Crippen molar-refractivity contribution in [1.82, 2.24) is 20.0 Å². The number of hydrogen-bond acceptors (Lipinski definition) is 5. The molecule has 3 heterocycles. The number of fused-ring (bicyclic) bond motifs is 1. The molecule has 1 aliphatic heterocycles. The quantitative estimate of drug-likeness (QED) is 0.691. The summed E-state index contributed by atoms with van der Waals surface area (Å²) in [5.41, 5.74) is 2.06. The van der Waals surface area contributed by atoms with Gasteiger partial charge in [-0.2, -0.15) is 29.6 Å². The highest BCUT2D eigenvalue weighted by atomic mass is 32.1. The standard InChI is InChI=1S/C18H24N4OS.C2HF3O2/c23-18(15-6-9-24-13-15)19-7-4-16-11-21(10-14-2-1-3-14)12-17-5-8-20-22(16)17;3-2(4,5)1(6)7/h5-6,8-9,13-14,16H,1-4,7,10-12H2,(H,19,23);(H,6,7). The average molecular weight is 459 g/mol. The molecule has 0 spiro atoms. The van der Waals surface area contributed by atoms with Crippen LogP contribution in [-0.4, -0.2) is 57.5 Å². The first-order valence-electron chi connectivity index (χ1n) is 10.1. The molecule has 4 rings (SSSR count). The van der Waals surface area contributed by atoms with E-state index in [1.165, 1.54) is 31.5 Å². The molecule has 2 aromatic heterocycles. The van der Waals surface area contributed by atoms with Gasteiger partial charge in [0.15, 0.2) is 0 Å². The number of carbonyl (C=O) groups is 2. The Morgan fingerprint density at radius 1 is 1.29 bits per heavy atom. The summed E-state index contributed by atoms with van der Waals surface area (Å²) in [6, 6.07) is 4.35. The molecule has 0 bridgehead atoms. The van der Waals surface area contributed by atoms with Crippen LogP contribution >= 0.6 is 11.3 Å². The van der Waals surface area contributed by atoms with Gasteiger partial charge in [-0.15, -0.1) is 0 Å². The van der Waals surface area contributed by atoms with Crippen molar-refractivity contribution < 1.29 is 27.9 Å². The number of aromatic nitrogens is 2. The molecule has 1 amide bonds. The molecular weight excluding hydrogens is 433 g/mol. The zero-order valence-electron chi connectivity index (χ0n) is 16.8. The van der Waals surface area contributed by atoms with Gasteiger partial charge < -0.3 is 10.4 Å². The second kappa shape index (κ2) is 10.3. The summed E-state index contributed by atoms with van der Waals surface area (Å²) in [5.74, 6) is -1.84. The van der Waals surface area contributed by atoms with E-state index in [1.54, 1.807) is 11.3 Å². The van der Waals surface area contributed by atoms with Crippen LogP contribution in [0.4, 0.5) is 13.2 Å². The fourth-order valence-corrected chi connectivity index (χ4v) is 4.34. The largest absolute Gasteiger partial charge is 0.490 e. The molecule has 0 aromatic carbocycles. The number of carbonyl (C=O) groups excluding carboxylic acids is 1. The fourth-order valence-electron chi connectivity index (χ4n) is 3.71. The smallest absolute Gasteiger partial charge is 0.475 e. The zero-order chi connectivity index (χ0) is 22.4. The number of carboxylic acid groups (broad SMARTS) is 1. The van der Waals surface area contributed by atoms with Gasteiger partial charge in [0.1, 0.15) is 0 Å². The third kappa shape index (κ3) is 6.54. The number of nitrogens with zero attached hydrogens (tertiary/aromatic N) is 3. The molecule has 2 aliphatic rings. The maximum atomic E-state index is 12.1. The minimum atomic E-state index is -5.08. The van der Waals surface area contributed by atoms with E-state index in [1.807, 2.05) is 23.0 Å². The normalized spacial score (nSPS) is 19.0. The molecule has 1 unspecified atom stereocenters. The van der Waals surface area contributed by atoms with E-state index in [-0.39, 0.29) is 5.91 Å². The number of thiophene rings is 1. The number of halogens is 3. The Kier molecular flexibility index (Phi) is 7.71. The molecule has 0 radical (unpaired) electrons. The lowest BCUT2D eigenvalue weighted by Gasteiger charge is -2.38. The van der Waals surface area contributed by atoms with Gasteiger partial charge in [0.05, 0.1) is 11.7 Å². The Morgan fingerprint density at radius 3 is 2.61 bits per heavy atom. The fraction of sp³-hybridized carbons (Fsp3) is 0.550. The molecule has 0 saturated heterocycles. The first kappa shape index (κ1) is 23.3. The van der Waals surface area contributed by atoms with E-state index < -0.39 is 12.1 Å². The van der Waals surface area contributed by atoms with E-state index in [9.17, 15) is 18.0 Å². The second-order valence-electron chi connectivity index (χ2n) is 7.77. The molecule has 1 saturated carbocycles. The number of carboxylic acids is 1. The van der Waals surface area contributed by atoms with E-state index in [0.29, 0.717) is 12.6 Å². The Bertz CT molecular complexity index is 865. The summed E-state index contributed by atoms with van der Waals surface area (Å²) in [6.07, 6.45) is 1.91. The predicted molar refractivity (Wildman–Crippen MR) is 109 cm³/mol. The predicted octanol–water partition coefficient (Wildman–Crippen LogP) is 3.55. The third-order valence-corrected chi connectivity index (χ3v) is 6.17. The molecule has 1 fully saturated rings. The molecule has 31 heavy (non-hydrogen) atoms. The highest BCUT2D eigenvalue weighted by Gasteiger charge is 2.38. The van der Waals surface area contributed by atoms with Crippen molar-refractivity contribution in [2.75, 3.05) is 19.6 Å². The van der Waals surface area contributed by atoms with Crippen molar-refractivity contribution >= 4 is 23.2 Å². The van der Waals surface area contributed by atoms with Gasteiger partial charge >= 0.3 is 12.1 Å². The lowest BCUT2D eigenvalue weighted by atomic mass is 9.85. The summed E-state index contributed by atoms with van der Waals surface area (Å²) >= 11 is 1.55. The summed E-state index contributed by atoms with van der Waals surface area (Å²) in [5, 5.41) is 18.5. The first-order chi connectivity index (χ1) is 14.7. The van der Waals surface area contributed by atoms with Crippen LogP contribution in [0.1, 0.15) is 47.8 Å². The van der Waals surface area contributed by atoms with Crippen molar-refractivity contribution in [3.8, 4) is 0 Å². The first-order valence-corrected chi connectivity index (χ1v) is 11.0. The van der Waals surface area contributed by atoms with Gasteiger partial charge in [0.25, 0.3) is 5.91 Å². The molecule has 11 heteroatoms. The molecule has 170 valence electrons. The van der Waals surface area contributed by atoms with Gasteiger partial charge in [0, 0.05) is 43.3 Å². The van der Waals surface area contributed by atoms with Gasteiger partial charge in [-0.25, -0.2) is 4.79 Å². The summed E-state index contributed by atoms with van der Waals surface area (Å²) in [4.78, 5) is 23.5. The number of rotatable bonds is 6. The topological polar surface area (TPSA) is 87.5 Å². The number of aliphatic carboxylic acids is 1. The second-order valence-corrected chi connectivity index (χ2v) is 8.55. The van der Waals surface area contributed by atoms with E-state index >= 15 is 0 Å². The molecule has 7 nitrogen and oxygen atoms in total. The Morgan fingerprint density at radius 2 is 2.03 bits per heavy atom. The van der Waals surface area contributed by atoms with Crippen LogP contribution in [0.2, 0.25) is 0 Å². The van der Waals surface area contributed by atoms with Crippen LogP contribution < -0.4 is 5.32 Å². The molecule has 1 aliphatic carbocycles. The van der Waals surface area contributed by atoms with Crippen LogP contribution in [0.25, 0.3) is 0 Å². The Hall–Kier alpha value is -2.40. The summed E-state index contributed by atoms with van der Waals surface area (Å²) in [7, 11) is 0.